The van der Waals surface area contributed by atoms with Crippen LogP contribution < -0.4 is 5.73 Å². The summed E-state index contributed by atoms with van der Waals surface area (Å²) in [7, 11) is 1.46. The number of fused-ring (bicyclic) bond motifs is 1. The van der Waals surface area contributed by atoms with Crippen LogP contribution in [0.1, 0.15) is 19.6 Å². The maximum Gasteiger partial charge on any atom is 0.232 e. The summed E-state index contributed by atoms with van der Waals surface area (Å²) in [6.07, 6.45) is -0.284. The largest absolute Gasteiger partial charge is 0.449 e. The summed E-state index contributed by atoms with van der Waals surface area (Å²) in [5.41, 5.74) is 6.67. The third kappa shape index (κ3) is 2.60. The van der Waals surface area contributed by atoms with Crippen molar-refractivity contribution in [2.24, 2.45) is 0 Å². The molecule has 2 aromatic rings. The van der Waals surface area contributed by atoms with Crippen LogP contribution in [0.5, 0.6) is 0 Å². The molecule has 3 rings (SSSR count). The zero-order valence-electron chi connectivity index (χ0n) is 12.7. The van der Waals surface area contributed by atoms with E-state index in [2.05, 4.69) is 15.0 Å². The lowest BCUT2D eigenvalue weighted by atomic mass is 10.2. The quantitative estimate of drug-likeness (QED) is 0.529. The van der Waals surface area contributed by atoms with E-state index in [1.165, 1.54) is 19.8 Å². The number of imidazole rings is 1. The van der Waals surface area contributed by atoms with Crippen molar-refractivity contribution in [2.75, 3.05) is 12.8 Å². The standard InChI is InChI=1S/C13H18N6O4/c1-3-6(14)22-13-8(20)9(21-2)12(23-13)19-5-18-7-10(15)16-4-17-11(7)19/h4-5,8-9,12-14,20H,3H2,1-2H3,(H2,15,16,17)/t8-,9?,12+,13-/m0/s1. The van der Waals surface area contributed by atoms with Crippen molar-refractivity contribution in [1.29, 1.82) is 5.41 Å². The van der Waals surface area contributed by atoms with Gasteiger partial charge < -0.3 is 25.1 Å². The molecule has 1 aliphatic heterocycles. The van der Waals surface area contributed by atoms with Crippen LogP contribution in [-0.2, 0) is 14.2 Å². The number of hydrogen-bond acceptors (Lipinski definition) is 9. The molecule has 4 N–H and O–H groups in total. The molecule has 10 nitrogen and oxygen atoms in total. The second kappa shape index (κ2) is 6.07. The number of aromatic nitrogens is 4. The van der Waals surface area contributed by atoms with E-state index in [1.807, 2.05) is 0 Å². The molecule has 0 amide bonds. The van der Waals surface area contributed by atoms with Gasteiger partial charge >= 0.3 is 0 Å². The molecule has 2 aromatic heterocycles. The minimum absolute atomic E-state index is 0.0200. The normalized spacial score (nSPS) is 27.4. The van der Waals surface area contributed by atoms with Gasteiger partial charge in [-0.05, 0) is 0 Å². The molecule has 1 unspecified atom stereocenters. The summed E-state index contributed by atoms with van der Waals surface area (Å²) in [5, 5.41) is 17.9. The highest BCUT2D eigenvalue weighted by atomic mass is 16.7. The van der Waals surface area contributed by atoms with Crippen molar-refractivity contribution in [3.63, 3.8) is 0 Å². The summed E-state index contributed by atoms with van der Waals surface area (Å²) in [6.45, 7) is 1.78. The number of ether oxygens (including phenoxy) is 3. The first kappa shape index (κ1) is 15.6. The number of rotatable bonds is 4. The number of nitrogens with zero attached hydrogens (tertiary/aromatic N) is 4. The Morgan fingerprint density at radius 2 is 2.26 bits per heavy atom. The Labute approximate surface area is 131 Å². The summed E-state index contributed by atoms with van der Waals surface area (Å²) in [6, 6.07) is 0. The Morgan fingerprint density at radius 1 is 1.48 bits per heavy atom. The smallest absolute Gasteiger partial charge is 0.232 e. The second-order valence-electron chi connectivity index (χ2n) is 5.06. The second-order valence-corrected chi connectivity index (χ2v) is 5.06. The number of aliphatic hydroxyl groups excluding tert-OH is 1. The Bertz CT molecular complexity index is 720. The fourth-order valence-corrected chi connectivity index (χ4v) is 2.48. The van der Waals surface area contributed by atoms with Gasteiger partial charge in [-0.2, -0.15) is 0 Å². The van der Waals surface area contributed by atoms with Crippen LogP contribution in [-0.4, -0.2) is 56.1 Å². The zero-order chi connectivity index (χ0) is 16.6. The summed E-state index contributed by atoms with van der Waals surface area (Å²) >= 11 is 0. The van der Waals surface area contributed by atoms with Gasteiger partial charge in [0.05, 0.1) is 6.33 Å². The van der Waals surface area contributed by atoms with E-state index in [0.29, 0.717) is 17.6 Å². The number of nitrogens with two attached hydrogens (primary N) is 1. The van der Waals surface area contributed by atoms with Crippen molar-refractivity contribution in [3.8, 4) is 0 Å². The molecule has 0 spiro atoms. The molecule has 0 radical (unpaired) electrons. The Balaban J connectivity index is 1.94. The van der Waals surface area contributed by atoms with Crippen LogP contribution in [0.15, 0.2) is 12.7 Å². The number of methoxy groups -OCH3 is 1. The van der Waals surface area contributed by atoms with Crippen LogP contribution in [0, 0.1) is 5.41 Å². The first-order valence-electron chi connectivity index (χ1n) is 7.10. The maximum absolute atomic E-state index is 10.3. The highest BCUT2D eigenvalue weighted by Gasteiger charge is 2.47. The number of nitrogens with one attached hydrogen (secondary N) is 1. The predicted octanol–water partition coefficient (Wildman–Crippen LogP) is 0.0432. The van der Waals surface area contributed by atoms with Gasteiger partial charge in [-0.1, -0.05) is 6.92 Å². The molecule has 3 heterocycles. The van der Waals surface area contributed by atoms with E-state index in [0.717, 1.165) is 0 Å². The van der Waals surface area contributed by atoms with Crippen molar-refractivity contribution >= 4 is 22.9 Å². The van der Waals surface area contributed by atoms with Crippen molar-refractivity contribution in [1.82, 2.24) is 19.5 Å². The molecule has 1 fully saturated rings. The van der Waals surface area contributed by atoms with Gasteiger partial charge in [-0.3, -0.25) is 9.98 Å². The molecule has 0 bridgehead atoms. The molecule has 10 heteroatoms. The first-order chi connectivity index (χ1) is 11.1. The van der Waals surface area contributed by atoms with Gasteiger partial charge in [0.1, 0.15) is 24.1 Å². The number of anilines is 1. The van der Waals surface area contributed by atoms with E-state index < -0.39 is 24.7 Å². The van der Waals surface area contributed by atoms with E-state index in [-0.39, 0.29) is 11.7 Å². The molecule has 1 aliphatic rings. The van der Waals surface area contributed by atoms with Gasteiger partial charge in [0.25, 0.3) is 0 Å². The number of hydrogen-bond donors (Lipinski definition) is 3. The van der Waals surface area contributed by atoms with Gasteiger partial charge in [-0.25, -0.2) is 15.0 Å². The van der Waals surface area contributed by atoms with Gasteiger partial charge in [0, 0.05) is 13.5 Å². The fraction of sp³-hybridized carbons (Fsp3) is 0.538. The molecule has 124 valence electrons. The zero-order valence-corrected chi connectivity index (χ0v) is 12.7. The summed E-state index contributed by atoms with van der Waals surface area (Å²) in [5.74, 6) is 0.272. The maximum atomic E-state index is 10.3. The van der Waals surface area contributed by atoms with Gasteiger partial charge in [0.15, 0.2) is 23.6 Å². The lowest BCUT2D eigenvalue weighted by Gasteiger charge is -2.19. The van der Waals surface area contributed by atoms with Crippen LogP contribution in [0.25, 0.3) is 11.2 Å². The third-order valence-corrected chi connectivity index (χ3v) is 3.68. The van der Waals surface area contributed by atoms with Gasteiger partial charge in [-0.15, -0.1) is 0 Å². The number of aliphatic hydroxyl groups is 1. The highest BCUT2D eigenvalue weighted by Crippen LogP contribution is 2.34. The van der Waals surface area contributed by atoms with Crippen LogP contribution in [0.3, 0.4) is 0 Å². The Hall–Kier alpha value is -2.30. The highest BCUT2D eigenvalue weighted by molar-refractivity contribution is 5.81. The van der Waals surface area contributed by atoms with Crippen LogP contribution in [0.2, 0.25) is 0 Å². The Kier molecular flexibility index (Phi) is 4.11. The van der Waals surface area contributed by atoms with Crippen LogP contribution >= 0.6 is 0 Å². The molecular weight excluding hydrogens is 304 g/mol. The molecular formula is C13H18N6O4. The van der Waals surface area contributed by atoms with E-state index in [4.69, 9.17) is 25.4 Å². The molecule has 0 saturated carbocycles. The minimum atomic E-state index is -1.06. The minimum Gasteiger partial charge on any atom is -0.449 e. The van der Waals surface area contributed by atoms with Crippen molar-refractivity contribution in [2.45, 2.75) is 38.1 Å². The summed E-state index contributed by atoms with van der Waals surface area (Å²) < 4.78 is 18.0. The van der Waals surface area contributed by atoms with Crippen molar-refractivity contribution in [3.05, 3.63) is 12.7 Å². The SMILES string of the molecule is CCC(=N)O[C@H]1O[C@@H](n2cnc3c(N)ncnc32)C(OC)[C@@H]1O. The number of nitrogen functional groups attached to an aromatic ring is 1. The topological polar surface area (TPSA) is 141 Å². The average Bonchev–Trinajstić information content (AvgIpc) is 3.10. The lowest BCUT2D eigenvalue weighted by Crippen LogP contribution is -2.35. The van der Waals surface area contributed by atoms with Gasteiger partial charge in [0.2, 0.25) is 6.29 Å². The average molecular weight is 322 g/mol. The Morgan fingerprint density at radius 3 is 2.96 bits per heavy atom. The van der Waals surface area contributed by atoms with Crippen LogP contribution in [0.4, 0.5) is 5.82 Å². The monoisotopic (exact) mass is 322 g/mol. The lowest BCUT2D eigenvalue weighted by molar-refractivity contribution is -0.133. The van der Waals surface area contributed by atoms with E-state index >= 15 is 0 Å². The molecule has 23 heavy (non-hydrogen) atoms. The molecule has 0 aromatic carbocycles. The summed E-state index contributed by atoms with van der Waals surface area (Å²) in [4.78, 5) is 12.2. The first-order valence-corrected chi connectivity index (χ1v) is 7.10. The molecule has 1 saturated heterocycles. The fourth-order valence-electron chi connectivity index (χ4n) is 2.48. The third-order valence-electron chi connectivity index (χ3n) is 3.68. The van der Waals surface area contributed by atoms with E-state index in [9.17, 15) is 5.11 Å². The molecule has 0 aliphatic carbocycles. The van der Waals surface area contributed by atoms with Crippen molar-refractivity contribution < 1.29 is 19.3 Å². The predicted molar refractivity (Wildman–Crippen MR) is 79.6 cm³/mol. The van der Waals surface area contributed by atoms with E-state index in [1.54, 1.807) is 11.5 Å². The molecule has 4 atom stereocenters.